The van der Waals surface area contributed by atoms with Crippen molar-refractivity contribution in [1.29, 1.82) is 0 Å². The maximum Gasteiger partial charge on any atom is 0.310 e. The van der Waals surface area contributed by atoms with Crippen LogP contribution >= 0.6 is 0 Å². The average Bonchev–Trinajstić information content (AvgIpc) is 3.21. The minimum absolute atomic E-state index is 0.0636. The molecule has 4 rings (SSSR count). The number of hydrogen-bond donors (Lipinski definition) is 0. The third-order valence-electron chi connectivity index (χ3n) is 5.90. The van der Waals surface area contributed by atoms with Crippen LogP contribution in [-0.2, 0) is 19.1 Å². The zero-order valence-electron chi connectivity index (χ0n) is 15.5. The van der Waals surface area contributed by atoms with Crippen molar-refractivity contribution in [3.63, 3.8) is 0 Å². The van der Waals surface area contributed by atoms with E-state index in [1.807, 2.05) is 60.7 Å². The fraction of sp³-hybridized carbons (Fsp3) is 0.391. The van der Waals surface area contributed by atoms with Crippen LogP contribution in [0.5, 0.6) is 0 Å². The second kappa shape index (κ2) is 8.15. The molecular weight excluding hydrogens is 356 g/mol. The van der Waals surface area contributed by atoms with Crippen LogP contribution < -0.4 is 5.11 Å². The Morgan fingerprint density at radius 2 is 1.50 bits per heavy atom. The van der Waals surface area contributed by atoms with Crippen molar-refractivity contribution in [3.8, 4) is 0 Å². The van der Waals surface area contributed by atoms with Gasteiger partial charge in [-0.25, -0.2) is 0 Å². The smallest absolute Gasteiger partial charge is 0.310 e. The van der Waals surface area contributed by atoms with Gasteiger partial charge in [-0.15, -0.1) is 0 Å². The van der Waals surface area contributed by atoms with Crippen LogP contribution in [-0.4, -0.2) is 31.3 Å². The summed E-state index contributed by atoms with van der Waals surface area (Å²) in [6, 6.07) is 18.6. The Kier molecular flexibility index (Phi) is 5.44. The van der Waals surface area contributed by atoms with E-state index in [0.717, 1.165) is 24.0 Å². The van der Waals surface area contributed by atoms with Crippen LogP contribution in [0.25, 0.3) is 0 Å². The van der Waals surface area contributed by atoms with E-state index in [2.05, 4.69) is 0 Å². The molecule has 0 aromatic heterocycles. The highest BCUT2D eigenvalue weighted by Crippen LogP contribution is 2.57. The summed E-state index contributed by atoms with van der Waals surface area (Å²) in [7, 11) is 0. The summed E-state index contributed by atoms with van der Waals surface area (Å²) in [5, 5.41) is 12.0. The predicted molar refractivity (Wildman–Crippen MR) is 100 cm³/mol. The van der Waals surface area contributed by atoms with E-state index in [9.17, 15) is 14.7 Å². The molecule has 1 aliphatic carbocycles. The van der Waals surface area contributed by atoms with Gasteiger partial charge in [-0.3, -0.25) is 4.79 Å². The van der Waals surface area contributed by atoms with Gasteiger partial charge in [0, 0.05) is 30.3 Å². The van der Waals surface area contributed by atoms with Gasteiger partial charge >= 0.3 is 5.97 Å². The Morgan fingerprint density at radius 3 is 1.96 bits per heavy atom. The van der Waals surface area contributed by atoms with Gasteiger partial charge in [0.15, 0.2) is 0 Å². The van der Waals surface area contributed by atoms with Crippen LogP contribution in [0.1, 0.15) is 35.8 Å². The van der Waals surface area contributed by atoms with Crippen molar-refractivity contribution in [2.45, 2.75) is 30.8 Å². The Hall–Kier alpha value is -2.66. The number of carbonyl (C=O) groups excluding carboxylic acids is 2. The minimum Gasteiger partial charge on any atom is -0.550 e. The lowest BCUT2D eigenvalue weighted by atomic mass is 9.52. The molecule has 28 heavy (non-hydrogen) atoms. The third-order valence-corrected chi connectivity index (χ3v) is 5.90. The van der Waals surface area contributed by atoms with Crippen molar-refractivity contribution >= 4 is 11.9 Å². The molecule has 5 nitrogen and oxygen atoms in total. The minimum atomic E-state index is -1.13. The maximum atomic E-state index is 13.0. The summed E-state index contributed by atoms with van der Waals surface area (Å²) < 4.78 is 11.1. The van der Waals surface area contributed by atoms with Gasteiger partial charge in [0.25, 0.3) is 0 Å². The molecule has 0 unspecified atom stereocenters. The van der Waals surface area contributed by atoms with Crippen LogP contribution in [0.2, 0.25) is 0 Å². The Bertz CT molecular complexity index is 766. The highest BCUT2D eigenvalue weighted by molar-refractivity contribution is 5.83. The molecule has 1 saturated carbocycles. The molecule has 2 aliphatic rings. The number of carbonyl (C=O) groups is 2. The number of benzene rings is 2. The van der Waals surface area contributed by atoms with Crippen molar-refractivity contribution in [1.82, 2.24) is 0 Å². The Morgan fingerprint density at radius 1 is 0.929 bits per heavy atom. The second-order valence-corrected chi connectivity index (χ2v) is 7.51. The summed E-state index contributed by atoms with van der Waals surface area (Å²) in [6.45, 7) is 0.909. The van der Waals surface area contributed by atoms with Gasteiger partial charge in [0.05, 0.1) is 12.0 Å². The molecule has 0 N–H and O–H groups in total. The van der Waals surface area contributed by atoms with Crippen molar-refractivity contribution in [2.24, 2.45) is 11.8 Å². The summed E-state index contributed by atoms with van der Waals surface area (Å²) in [5.74, 6) is -3.76. The molecule has 2 fully saturated rings. The van der Waals surface area contributed by atoms with Crippen LogP contribution in [0.3, 0.4) is 0 Å². The van der Waals surface area contributed by atoms with Gasteiger partial charge in [-0.2, -0.15) is 0 Å². The van der Waals surface area contributed by atoms with E-state index in [1.54, 1.807) is 0 Å². The molecular formula is C23H23O5-. The molecule has 0 bridgehead atoms. The fourth-order valence-corrected chi connectivity index (χ4v) is 4.56. The van der Waals surface area contributed by atoms with E-state index in [4.69, 9.17) is 9.47 Å². The van der Waals surface area contributed by atoms with Crippen LogP contribution in [0, 0.1) is 11.8 Å². The van der Waals surface area contributed by atoms with E-state index in [1.165, 1.54) is 0 Å². The molecule has 2 aromatic carbocycles. The molecule has 1 aliphatic heterocycles. The van der Waals surface area contributed by atoms with Gasteiger partial charge in [0.1, 0.15) is 6.61 Å². The normalized spacial score (nSPS) is 29.1. The standard InChI is InChI=1S/C23H24O5/c24-22(25)20-18(15-8-3-1-4-9-15)21(19(20)16-10-5-2-6-11-16)23(26)28-14-17-12-7-13-27-17/h1-6,8-11,17-21H,7,12-14H2,(H,24,25)/p-1/t17-,18-,19-,20?,21?/m0/s1. The highest BCUT2D eigenvalue weighted by Gasteiger charge is 2.56. The van der Waals surface area contributed by atoms with Gasteiger partial charge in [-0.05, 0) is 24.0 Å². The SMILES string of the molecule is O=C([O-])C1[C@H](c2ccccc2)C(C(=O)OC[C@@H]2CCCO2)[C@H]1c1ccccc1. The number of carboxylic acids is 1. The first-order valence-corrected chi connectivity index (χ1v) is 9.76. The topological polar surface area (TPSA) is 75.7 Å². The van der Waals surface area contributed by atoms with Gasteiger partial charge in [-0.1, -0.05) is 60.7 Å². The lowest BCUT2D eigenvalue weighted by molar-refractivity contribution is -0.317. The van der Waals surface area contributed by atoms with Gasteiger partial charge in [0.2, 0.25) is 0 Å². The van der Waals surface area contributed by atoms with E-state index < -0.39 is 29.6 Å². The summed E-state index contributed by atoms with van der Waals surface area (Å²) >= 11 is 0. The number of esters is 1. The van der Waals surface area contributed by atoms with Crippen molar-refractivity contribution in [3.05, 3.63) is 71.8 Å². The summed E-state index contributed by atoms with van der Waals surface area (Å²) in [5.41, 5.74) is 1.64. The fourth-order valence-electron chi connectivity index (χ4n) is 4.56. The largest absolute Gasteiger partial charge is 0.550 e. The number of ether oxygens (including phenoxy) is 2. The van der Waals surface area contributed by atoms with E-state index >= 15 is 0 Å². The third kappa shape index (κ3) is 3.54. The first-order chi connectivity index (χ1) is 13.7. The molecule has 0 amide bonds. The zero-order valence-corrected chi connectivity index (χ0v) is 15.5. The molecule has 3 atom stereocenters. The molecule has 1 heterocycles. The predicted octanol–water partition coefficient (Wildman–Crippen LogP) is 2.27. The van der Waals surface area contributed by atoms with Gasteiger partial charge < -0.3 is 19.4 Å². The maximum absolute atomic E-state index is 13.0. The summed E-state index contributed by atoms with van der Waals surface area (Å²) in [4.78, 5) is 25.0. The number of aliphatic carboxylic acids is 1. The van der Waals surface area contributed by atoms with Crippen molar-refractivity contribution in [2.75, 3.05) is 13.2 Å². The first-order valence-electron chi connectivity index (χ1n) is 9.76. The van der Waals surface area contributed by atoms with Crippen LogP contribution in [0.4, 0.5) is 0 Å². The highest BCUT2D eigenvalue weighted by atomic mass is 16.6. The molecule has 1 saturated heterocycles. The quantitative estimate of drug-likeness (QED) is 0.720. The number of carboxylic acid groups (broad SMARTS) is 1. The molecule has 2 aromatic rings. The second-order valence-electron chi connectivity index (χ2n) is 7.51. The lowest BCUT2D eigenvalue weighted by Gasteiger charge is -2.51. The summed E-state index contributed by atoms with van der Waals surface area (Å²) in [6.07, 6.45) is 1.79. The zero-order chi connectivity index (χ0) is 19.5. The average molecular weight is 379 g/mol. The Labute approximate surface area is 164 Å². The lowest BCUT2D eigenvalue weighted by Crippen LogP contribution is -2.55. The monoisotopic (exact) mass is 379 g/mol. The van der Waals surface area contributed by atoms with E-state index in [-0.39, 0.29) is 18.7 Å². The van der Waals surface area contributed by atoms with Crippen LogP contribution in [0.15, 0.2) is 60.7 Å². The van der Waals surface area contributed by atoms with E-state index in [0.29, 0.717) is 6.61 Å². The first kappa shape index (κ1) is 18.7. The molecule has 146 valence electrons. The number of rotatable bonds is 6. The van der Waals surface area contributed by atoms with Crippen molar-refractivity contribution < 1.29 is 24.2 Å². The Balaban J connectivity index is 1.62. The molecule has 0 spiro atoms. The molecule has 5 heteroatoms. The molecule has 0 radical (unpaired) electrons. The number of hydrogen-bond acceptors (Lipinski definition) is 5.